The van der Waals surface area contributed by atoms with Crippen LogP contribution in [0, 0.1) is 0 Å². The lowest BCUT2D eigenvalue weighted by Crippen LogP contribution is -2.20. The summed E-state index contributed by atoms with van der Waals surface area (Å²) in [6, 6.07) is 0. The molecule has 0 aromatic heterocycles. The van der Waals surface area contributed by atoms with E-state index in [4.69, 9.17) is 4.74 Å². The second-order valence-electron chi connectivity index (χ2n) is 2.81. The molecule has 0 aliphatic heterocycles. The van der Waals surface area contributed by atoms with E-state index >= 15 is 0 Å². The average molecular weight is 152 g/mol. The van der Waals surface area contributed by atoms with Crippen LogP contribution in [0.3, 0.4) is 0 Å². The number of hydrogen-bond donors (Lipinski definition) is 0. The van der Waals surface area contributed by atoms with E-state index in [1.165, 1.54) is 13.8 Å². The number of halogens is 2. The summed E-state index contributed by atoms with van der Waals surface area (Å²) in [4.78, 5) is 0. The number of alkyl halides is 2. The molecule has 62 valence electrons. The third-order valence-corrected chi connectivity index (χ3v) is 0.868. The van der Waals surface area contributed by atoms with Crippen LogP contribution in [0.4, 0.5) is 8.78 Å². The standard InChI is InChI=1S/C7H14F2O/c1-7(2,9)6-10-5-3-4-8/h3-6H2,1-2H3. The van der Waals surface area contributed by atoms with Crippen molar-refractivity contribution in [2.75, 3.05) is 19.9 Å². The van der Waals surface area contributed by atoms with Crippen molar-refractivity contribution in [3.8, 4) is 0 Å². The Kier molecular flexibility index (Phi) is 4.52. The first-order valence-corrected chi connectivity index (χ1v) is 3.39. The first-order chi connectivity index (χ1) is 4.56. The van der Waals surface area contributed by atoms with Gasteiger partial charge in [-0.15, -0.1) is 0 Å². The Morgan fingerprint density at radius 3 is 2.40 bits per heavy atom. The molecule has 0 aliphatic rings. The van der Waals surface area contributed by atoms with Crippen LogP contribution in [0.5, 0.6) is 0 Å². The van der Waals surface area contributed by atoms with Gasteiger partial charge in [0.25, 0.3) is 0 Å². The van der Waals surface area contributed by atoms with E-state index < -0.39 is 12.3 Å². The minimum Gasteiger partial charge on any atom is -0.378 e. The third-order valence-electron chi connectivity index (χ3n) is 0.868. The van der Waals surface area contributed by atoms with Gasteiger partial charge in [-0.25, -0.2) is 4.39 Å². The van der Waals surface area contributed by atoms with Crippen LogP contribution in [0.25, 0.3) is 0 Å². The lowest BCUT2D eigenvalue weighted by molar-refractivity contribution is 0.0339. The molecule has 0 aliphatic carbocycles. The molecular weight excluding hydrogens is 138 g/mol. The van der Waals surface area contributed by atoms with E-state index in [0.29, 0.717) is 13.0 Å². The van der Waals surface area contributed by atoms with Gasteiger partial charge in [-0.2, -0.15) is 0 Å². The van der Waals surface area contributed by atoms with Crippen LogP contribution in [-0.2, 0) is 4.74 Å². The minimum atomic E-state index is -1.30. The Hall–Kier alpha value is -0.180. The van der Waals surface area contributed by atoms with E-state index in [1.807, 2.05) is 0 Å². The van der Waals surface area contributed by atoms with Gasteiger partial charge in [-0.05, 0) is 20.3 Å². The molecule has 0 aromatic rings. The molecule has 0 rings (SSSR count). The molecule has 1 nitrogen and oxygen atoms in total. The third kappa shape index (κ3) is 7.82. The maximum absolute atomic E-state index is 12.6. The molecule has 0 fully saturated rings. The molecular formula is C7H14F2O. The second kappa shape index (κ2) is 4.61. The normalized spacial score (nSPS) is 12.0. The highest BCUT2D eigenvalue weighted by Gasteiger charge is 2.14. The Balaban J connectivity index is 3.04. The Morgan fingerprint density at radius 1 is 1.40 bits per heavy atom. The highest BCUT2D eigenvalue weighted by Crippen LogP contribution is 2.07. The van der Waals surface area contributed by atoms with E-state index in [9.17, 15) is 8.78 Å². The first kappa shape index (κ1) is 9.82. The van der Waals surface area contributed by atoms with Crippen molar-refractivity contribution >= 4 is 0 Å². The maximum atomic E-state index is 12.6. The van der Waals surface area contributed by atoms with Gasteiger partial charge in [-0.3, -0.25) is 4.39 Å². The monoisotopic (exact) mass is 152 g/mol. The Morgan fingerprint density at radius 2 is 2.00 bits per heavy atom. The summed E-state index contributed by atoms with van der Waals surface area (Å²) in [5, 5.41) is 0. The van der Waals surface area contributed by atoms with E-state index in [-0.39, 0.29) is 6.61 Å². The van der Waals surface area contributed by atoms with Crippen molar-refractivity contribution in [2.24, 2.45) is 0 Å². The molecule has 0 saturated carbocycles. The molecule has 0 heterocycles. The van der Waals surface area contributed by atoms with Gasteiger partial charge in [0.1, 0.15) is 5.67 Å². The molecule has 0 N–H and O–H groups in total. The number of rotatable bonds is 5. The van der Waals surface area contributed by atoms with Crippen LogP contribution in [0.1, 0.15) is 20.3 Å². The van der Waals surface area contributed by atoms with Crippen LogP contribution < -0.4 is 0 Å². The summed E-state index contributed by atoms with van der Waals surface area (Å²) in [6.45, 7) is 2.83. The summed E-state index contributed by atoms with van der Waals surface area (Å²) >= 11 is 0. The zero-order chi connectivity index (χ0) is 8.04. The predicted octanol–water partition coefficient (Wildman–Crippen LogP) is 2.11. The van der Waals surface area contributed by atoms with Crippen molar-refractivity contribution in [2.45, 2.75) is 25.9 Å². The first-order valence-electron chi connectivity index (χ1n) is 3.39. The molecule has 0 amide bonds. The quantitative estimate of drug-likeness (QED) is 0.548. The zero-order valence-electron chi connectivity index (χ0n) is 6.49. The molecule has 0 aromatic carbocycles. The summed E-state index contributed by atoms with van der Waals surface area (Å²) in [6.07, 6.45) is 0.357. The smallest absolute Gasteiger partial charge is 0.128 e. The van der Waals surface area contributed by atoms with Gasteiger partial charge in [0.05, 0.1) is 13.3 Å². The van der Waals surface area contributed by atoms with E-state index in [0.717, 1.165) is 0 Å². The summed E-state index contributed by atoms with van der Waals surface area (Å²) in [5.41, 5.74) is -1.30. The summed E-state index contributed by atoms with van der Waals surface area (Å²) < 4.78 is 28.9. The van der Waals surface area contributed by atoms with E-state index in [2.05, 4.69) is 0 Å². The maximum Gasteiger partial charge on any atom is 0.128 e. The minimum absolute atomic E-state index is 0.0486. The topological polar surface area (TPSA) is 9.23 Å². The highest BCUT2D eigenvalue weighted by atomic mass is 19.1. The van der Waals surface area contributed by atoms with Gasteiger partial charge in [0.15, 0.2) is 0 Å². The second-order valence-corrected chi connectivity index (χ2v) is 2.81. The molecule has 0 saturated heterocycles. The van der Waals surface area contributed by atoms with Gasteiger partial charge in [0.2, 0.25) is 0 Å². The predicted molar refractivity (Wildman–Crippen MR) is 36.6 cm³/mol. The van der Waals surface area contributed by atoms with Crippen molar-refractivity contribution in [1.29, 1.82) is 0 Å². The largest absolute Gasteiger partial charge is 0.378 e. The fourth-order valence-corrected chi connectivity index (χ4v) is 0.471. The van der Waals surface area contributed by atoms with Gasteiger partial charge in [-0.1, -0.05) is 0 Å². The van der Waals surface area contributed by atoms with Gasteiger partial charge >= 0.3 is 0 Å². The molecule has 0 unspecified atom stereocenters. The Labute approximate surface area is 60.4 Å². The van der Waals surface area contributed by atoms with Crippen LogP contribution in [0.2, 0.25) is 0 Å². The molecule has 0 spiro atoms. The molecule has 10 heavy (non-hydrogen) atoms. The van der Waals surface area contributed by atoms with Crippen molar-refractivity contribution in [3.05, 3.63) is 0 Å². The lowest BCUT2D eigenvalue weighted by Gasteiger charge is -2.13. The highest BCUT2D eigenvalue weighted by molar-refractivity contribution is 4.63. The fraction of sp³-hybridized carbons (Fsp3) is 1.00. The molecule has 3 heteroatoms. The van der Waals surface area contributed by atoms with Crippen molar-refractivity contribution in [1.82, 2.24) is 0 Å². The lowest BCUT2D eigenvalue weighted by atomic mass is 10.2. The van der Waals surface area contributed by atoms with Gasteiger partial charge in [0, 0.05) is 6.61 Å². The SMILES string of the molecule is CC(C)(F)COCCCF. The van der Waals surface area contributed by atoms with Gasteiger partial charge < -0.3 is 4.74 Å². The Bertz CT molecular complexity index is 78.2. The number of hydrogen-bond acceptors (Lipinski definition) is 1. The average Bonchev–Trinajstić information content (AvgIpc) is 1.78. The molecule has 0 bridgehead atoms. The van der Waals surface area contributed by atoms with Crippen molar-refractivity contribution < 1.29 is 13.5 Å². The summed E-state index contributed by atoms with van der Waals surface area (Å²) in [7, 11) is 0. The van der Waals surface area contributed by atoms with Crippen LogP contribution >= 0.6 is 0 Å². The molecule has 0 atom stereocenters. The van der Waals surface area contributed by atoms with Crippen LogP contribution in [0.15, 0.2) is 0 Å². The van der Waals surface area contributed by atoms with Crippen LogP contribution in [-0.4, -0.2) is 25.6 Å². The fourth-order valence-electron chi connectivity index (χ4n) is 0.471. The zero-order valence-corrected chi connectivity index (χ0v) is 6.49. The number of ether oxygens (including phenoxy) is 1. The van der Waals surface area contributed by atoms with Crippen molar-refractivity contribution in [3.63, 3.8) is 0 Å². The van der Waals surface area contributed by atoms with E-state index in [1.54, 1.807) is 0 Å². The summed E-state index contributed by atoms with van der Waals surface area (Å²) in [5.74, 6) is 0. The molecule has 0 radical (unpaired) electrons.